The number of hydrogen-bond acceptors (Lipinski definition) is 3. The fourth-order valence-electron chi connectivity index (χ4n) is 0.933. The van der Waals surface area contributed by atoms with Crippen LogP contribution in [0.1, 0.15) is 48.0 Å². The third-order valence-corrected chi connectivity index (χ3v) is 1.80. The van der Waals surface area contributed by atoms with Gasteiger partial charge in [0.25, 0.3) is 0 Å². The van der Waals surface area contributed by atoms with E-state index in [1.807, 2.05) is 20.8 Å². The summed E-state index contributed by atoms with van der Waals surface area (Å²) >= 11 is 0. The van der Waals surface area contributed by atoms with E-state index in [4.69, 9.17) is 9.47 Å². The second-order valence-electron chi connectivity index (χ2n) is 5.23. The van der Waals surface area contributed by atoms with Gasteiger partial charge in [0.2, 0.25) is 0 Å². The van der Waals surface area contributed by atoms with Gasteiger partial charge in [-0.15, -0.1) is 0 Å². The van der Waals surface area contributed by atoms with Crippen LogP contribution in [-0.2, 0) is 14.3 Å². The highest BCUT2D eigenvalue weighted by Gasteiger charge is 2.21. The van der Waals surface area contributed by atoms with Gasteiger partial charge in [-0.1, -0.05) is 13.8 Å². The lowest BCUT2D eigenvalue weighted by Gasteiger charge is -2.22. The molecule has 3 nitrogen and oxygen atoms in total. The number of rotatable bonds is 5. The van der Waals surface area contributed by atoms with E-state index in [-0.39, 0.29) is 5.97 Å². The summed E-state index contributed by atoms with van der Waals surface area (Å²) in [7, 11) is 0. The van der Waals surface area contributed by atoms with Crippen molar-refractivity contribution in [2.45, 2.75) is 59.7 Å². The molecule has 0 amide bonds. The lowest BCUT2D eigenvalue weighted by atomic mass is 10.1. The van der Waals surface area contributed by atoms with Crippen molar-refractivity contribution in [1.82, 2.24) is 0 Å². The third kappa shape index (κ3) is 8.43. The van der Waals surface area contributed by atoms with E-state index in [0.717, 1.165) is 6.42 Å². The molecule has 0 aromatic carbocycles. The van der Waals surface area contributed by atoms with Crippen LogP contribution in [0.5, 0.6) is 0 Å². The summed E-state index contributed by atoms with van der Waals surface area (Å²) in [5.74, 6) is 0.307. The topological polar surface area (TPSA) is 35.5 Å². The Labute approximate surface area is 93.1 Å². The lowest BCUT2D eigenvalue weighted by Crippen LogP contribution is -2.32. The molecule has 90 valence electrons. The minimum atomic E-state index is -0.469. The molecule has 0 aromatic heterocycles. The fraction of sp³-hybridized carbons (Fsp3) is 0.917. The molecular formula is C12H24O3. The van der Waals surface area contributed by atoms with Gasteiger partial charge in [-0.3, -0.25) is 0 Å². The minimum absolute atomic E-state index is 0.286. The van der Waals surface area contributed by atoms with Crippen molar-refractivity contribution in [3.05, 3.63) is 0 Å². The first kappa shape index (κ1) is 14.4. The number of carbonyl (C=O) groups excluding carboxylic acids is 1. The molecule has 1 atom stereocenters. The van der Waals surface area contributed by atoms with Gasteiger partial charge in [-0.2, -0.15) is 0 Å². The lowest BCUT2D eigenvalue weighted by molar-refractivity contribution is -0.167. The van der Waals surface area contributed by atoms with E-state index >= 15 is 0 Å². The van der Waals surface area contributed by atoms with Crippen molar-refractivity contribution in [2.75, 3.05) is 6.61 Å². The zero-order valence-electron chi connectivity index (χ0n) is 10.8. The SMILES string of the molecule is CC(C)CCOC(C)C(=O)OC(C)(C)C. The minimum Gasteiger partial charge on any atom is -0.458 e. The van der Waals surface area contributed by atoms with Gasteiger partial charge in [0.1, 0.15) is 5.60 Å². The van der Waals surface area contributed by atoms with Crippen LogP contribution in [0, 0.1) is 5.92 Å². The average Bonchev–Trinajstić information content (AvgIpc) is 1.99. The van der Waals surface area contributed by atoms with Crippen LogP contribution in [0.3, 0.4) is 0 Å². The number of ether oxygens (including phenoxy) is 2. The van der Waals surface area contributed by atoms with Crippen LogP contribution in [0.2, 0.25) is 0 Å². The van der Waals surface area contributed by atoms with E-state index in [1.54, 1.807) is 6.92 Å². The number of hydrogen-bond donors (Lipinski definition) is 0. The molecule has 0 N–H and O–H groups in total. The highest BCUT2D eigenvalue weighted by molar-refractivity contribution is 5.74. The van der Waals surface area contributed by atoms with E-state index in [9.17, 15) is 4.79 Å². The predicted molar refractivity (Wildman–Crippen MR) is 60.7 cm³/mol. The van der Waals surface area contributed by atoms with Gasteiger partial charge in [-0.25, -0.2) is 4.79 Å². The quantitative estimate of drug-likeness (QED) is 0.663. The van der Waals surface area contributed by atoms with E-state index in [0.29, 0.717) is 12.5 Å². The van der Waals surface area contributed by atoms with Crippen LogP contribution in [0.15, 0.2) is 0 Å². The first-order chi connectivity index (χ1) is 6.72. The molecular weight excluding hydrogens is 192 g/mol. The molecule has 15 heavy (non-hydrogen) atoms. The standard InChI is InChI=1S/C12H24O3/c1-9(2)7-8-14-10(3)11(13)15-12(4,5)6/h9-10H,7-8H2,1-6H3. The highest BCUT2D eigenvalue weighted by atomic mass is 16.6. The summed E-state index contributed by atoms with van der Waals surface area (Å²) in [6.45, 7) is 12.2. The summed E-state index contributed by atoms with van der Waals surface area (Å²) in [6.07, 6.45) is 0.496. The molecule has 0 aliphatic rings. The van der Waals surface area contributed by atoms with E-state index in [1.165, 1.54) is 0 Å². The maximum absolute atomic E-state index is 11.5. The van der Waals surface area contributed by atoms with Gasteiger partial charge in [0.05, 0.1) is 0 Å². The zero-order chi connectivity index (χ0) is 12.1. The molecule has 0 aliphatic heterocycles. The second-order valence-corrected chi connectivity index (χ2v) is 5.23. The van der Waals surface area contributed by atoms with Crippen molar-refractivity contribution in [1.29, 1.82) is 0 Å². The van der Waals surface area contributed by atoms with Crippen molar-refractivity contribution < 1.29 is 14.3 Å². The van der Waals surface area contributed by atoms with E-state index < -0.39 is 11.7 Å². The van der Waals surface area contributed by atoms with Crippen LogP contribution in [0.25, 0.3) is 0 Å². The highest BCUT2D eigenvalue weighted by Crippen LogP contribution is 2.10. The Morgan fingerprint density at radius 2 is 1.73 bits per heavy atom. The van der Waals surface area contributed by atoms with Gasteiger partial charge in [-0.05, 0) is 40.0 Å². The van der Waals surface area contributed by atoms with E-state index in [2.05, 4.69) is 13.8 Å². The molecule has 0 saturated carbocycles. The van der Waals surface area contributed by atoms with Gasteiger partial charge in [0, 0.05) is 6.61 Å². The molecule has 0 fully saturated rings. The Balaban J connectivity index is 3.80. The molecule has 0 radical (unpaired) electrons. The Kier molecular flexibility index (Phi) is 5.88. The molecule has 0 aromatic rings. The summed E-state index contributed by atoms with van der Waals surface area (Å²) in [5, 5.41) is 0. The molecule has 3 heteroatoms. The van der Waals surface area contributed by atoms with Crippen LogP contribution >= 0.6 is 0 Å². The Bertz CT molecular complexity index is 192. The smallest absolute Gasteiger partial charge is 0.335 e. The van der Waals surface area contributed by atoms with Gasteiger partial charge < -0.3 is 9.47 Å². The molecule has 0 spiro atoms. The normalized spacial score (nSPS) is 14.1. The van der Waals surface area contributed by atoms with Crippen molar-refractivity contribution in [3.63, 3.8) is 0 Å². The first-order valence-electron chi connectivity index (χ1n) is 5.57. The van der Waals surface area contributed by atoms with Gasteiger partial charge >= 0.3 is 5.97 Å². The Hall–Kier alpha value is -0.570. The fourth-order valence-corrected chi connectivity index (χ4v) is 0.933. The van der Waals surface area contributed by atoms with Gasteiger partial charge in [0.15, 0.2) is 6.10 Å². The summed E-state index contributed by atoms with van der Waals surface area (Å²) in [5.41, 5.74) is -0.438. The summed E-state index contributed by atoms with van der Waals surface area (Å²) in [4.78, 5) is 11.5. The Morgan fingerprint density at radius 1 is 1.20 bits per heavy atom. The average molecular weight is 216 g/mol. The van der Waals surface area contributed by atoms with Crippen molar-refractivity contribution in [2.24, 2.45) is 5.92 Å². The largest absolute Gasteiger partial charge is 0.458 e. The third-order valence-electron chi connectivity index (χ3n) is 1.80. The zero-order valence-corrected chi connectivity index (χ0v) is 10.8. The second kappa shape index (κ2) is 6.11. The number of esters is 1. The van der Waals surface area contributed by atoms with Crippen LogP contribution < -0.4 is 0 Å². The molecule has 0 saturated heterocycles. The molecule has 0 aliphatic carbocycles. The van der Waals surface area contributed by atoms with Crippen LogP contribution in [-0.4, -0.2) is 24.3 Å². The first-order valence-corrected chi connectivity index (χ1v) is 5.57. The Morgan fingerprint density at radius 3 is 2.13 bits per heavy atom. The molecule has 1 unspecified atom stereocenters. The summed E-state index contributed by atoms with van der Waals surface area (Å²) < 4.78 is 10.6. The molecule has 0 bridgehead atoms. The number of carbonyl (C=O) groups is 1. The maximum atomic E-state index is 11.5. The molecule has 0 heterocycles. The predicted octanol–water partition coefficient (Wildman–Crippen LogP) is 2.78. The molecule has 0 rings (SSSR count). The monoisotopic (exact) mass is 216 g/mol. The van der Waals surface area contributed by atoms with Crippen molar-refractivity contribution >= 4 is 5.97 Å². The van der Waals surface area contributed by atoms with Crippen molar-refractivity contribution in [3.8, 4) is 0 Å². The summed E-state index contributed by atoms with van der Waals surface area (Å²) in [6, 6.07) is 0. The van der Waals surface area contributed by atoms with Crippen LogP contribution in [0.4, 0.5) is 0 Å². The maximum Gasteiger partial charge on any atom is 0.335 e.